The summed E-state index contributed by atoms with van der Waals surface area (Å²) < 4.78 is 0. The minimum Gasteiger partial charge on any atom is -0.314 e. The van der Waals surface area contributed by atoms with Crippen LogP contribution >= 0.6 is 0 Å². The highest BCUT2D eigenvalue weighted by atomic mass is 15.7. The molecule has 9 N–H and O–H groups in total. The second-order valence-electron chi connectivity index (χ2n) is 9.84. The molecule has 3 heterocycles. The van der Waals surface area contributed by atoms with Crippen LogP contribution < -0.4 is 47.9 Å². The van der Waals surface area contributed by atoms with Crippen molar-refractivity contribution in [2.24, 2.45) is 0 Å². The van der Waals surface area contributed by atoms with Crippen LogP contribution in [-0.4, -0.2) is 172 Å². The van der Waals surface area contributed by atoms with Gasteiger partial charge in [0.25, 0.3) is 0 Å². The molecule has 0 amide bonds. The van der Waals surface area contributed by atoms with Crippen LogP contribution in [0.3, 0.4) is 0 Å². The molecule has 1 unspecified atom stereocenters. The van der Waals surface area contributed by atoms with Crippen molar-refractivity contribution >= 4 is 0 Å². The SMILES string of the molecule is C1CNCCN(C2CNCCNCCNCCN2N2CCNCCNCCNCC2)CCNCCN1. The van der Waals surface area contributed by atoms with Crippen molar-refractivity contribution in [3.05, 3.63) is 0 Å². The molecule has 1 atom stereocenters. The topological polar surface area (TPSA) is 118 Å². The molecule has 0 spiro atoms. The first-order chi connectivity index (χ1) is 17.9. The predicted molar refractivity (Wildman–Crippen MR) is 149 cm³/mol. The third-order valence-electron chi connectivity index (χ3n) is 7.09. The van der Waals surface area contributed by atoms with Crippen LogP contribution in [0.25, 0.3) is 0 Å². The van der Waals surface area contributed by atoms with Gasteiger partial charge < -0.3 is 47.9 Å². The van der Waals surface area contributed by atoms with E-state index in [1.807, 2.05) is 0 Å². The lowest BCUT2D eigenvalue weighted by molar-refractivity contribution is -0.110. The van der Waals surface area contributed by atoms with Crippen molar-refractivity contribution in [2.75, 3.05) is 151 Å². The number of hydrazine groups is 1. The van der Waals surface area contributed by atoms with Crippen molar-refractivity contribution in [3.8, 4) is 0 Å². The fourth-order valence-electron chi connectivity index (χ4n) is 5.03. The van der Waals surface area contributed by atoms with Crippen molar-refractivity contribution in [1.29, 1.82) is 0 Å². The normalized spacial score (nSPS) is 28.8. The zero-order chi connectivity index (χ0) is 24.9. The molecule has 3 saturated heterocycles. The molecule has 3 aliphatic rings. The molecule has 3 fully saturated rings. The molecule has 0 saturated carbocycles. The summed E-state index contributed by atoms with van der Waals surface area (Å²) in [7, 11) is 0. The summed E-state index contributed by atoms with van der Waals surface area (Å²) in [5, 5.41) is 37.9. The maximum atomic E-state index is 3.79. The van der Waals surface area contributed by atoms with E-state index in [1.54, 1.807) is 0 Å². The van der Waals surface area contributed by atoms with Crippen LogP contribution in [0.2, 0.25) is 0 Å². The Hall–Kier alpha value is -0.480. The van der Waals surface area contributed by atoms with Gasteiger partial charge in [0.1, 0.15) is 0 Å². The summed E-state index contributed by atoms with van der Waals surface area (Å²) in [5.41, 5.74) is 0. The minimum atomic E-state index is 0.311. The zero-order valence-corrected chi connectivity index (χ0v) is 22.7. The highest BCUT2D eigenvalue weighted by Crippen LogP contribution is 2.10. The van der Waals surface area contributed by atoms with Crippen molar-refractivity contribution in [2.45, 2.75) is 6.17 Å². The summed E-state index contributed by atoms with van der Waals surface area (Å²) in [6.45, 7) is 23.4. The highest BCUT2D eigenvalue weighted by Gasteiger charge is 2.29. The Kier molecular flexibility index (Phi) is 17.1. The van der Waals surface area contributed by atoms with Gasteiger partial charge in [0.2, 0.25) is 0 Å². The lowest BCUT2D eigenvalue weighted by Crippen LogP contribution is -2.64. The summed E-state index contributed by atoms with van der Waals surface area (Å²) in [6.07, 6.45) is 0.311. The fourth-order valence-corrected chi connectivity index (χ4v) is 5.03. The largest absolute Gasteiger partial charge is 0.314 e. The first-order valence-electron chi connectivity index (χ1n) is 14.6. The second-order valence-corrected chi connectivity index (χ2v) is 9.84. The molecule has 3 rings (SSSR count). The summed E-state index contributed by atoms with van der Waals surface area (Å²) in [4.78, 5) is 2.70. The third-order valence-corrected chi connectivity index (χ3v) is 7.09. The first-order valence-corrected chi connectivity index (χ1v) is 14.6. The van der Waals surface area contributed by atoms with E-state index >= 15 is 0 Å². The third kappa shape index (κ3) is 12.9. The summed E-state index contributed by atoms with van der Waals surface area (Å²) in [6, 6.07) is 0. The van der Waals surface area contributed by atoms with Crippen LogP contribution in [0.1, 0.15) is 0 Å². The first kappa shape index (κ1) is 30.1. The average molecular weight is 513 g/mol. The molecular weight excluding hydrogens is 456 g/mol. The van der Waals surface area contributed by atoms with E-state index in [2.05, 4.69) is 62.8 Å². The Morgan fingerprint density at radius 3 is 1.11 bits per heavy atom. The smallest absolute Gasteiger partial charge is 0.0887 e. The quantitative estimate of drug-likeness (QED) is 0.177. The summed E-state index contributed by atoms with van der Waals surface area (Å²) >= 11 is 0. The predicted octanol–water partition coefficient (Wildman–Crippen LogP) is -4.52. The van der Waals surface area contributed by atoms with Crippen LogP contribution in [0.5, 0.6) is 0 Å². The maximum Gasteiger partial charge on any atom is 0.0887 e. The van der Waals surface area contributed by atoms with Gasteiger partial charge >= 0.3 is 0 Å². The molecule has 12 heteroatoms. The lowest BCUT2D eigenvalue weighted by atomic mass is 10.3. The van der Waals surface area contributed by atoms with Gasteiger partial charge in [0.05, 0.1) is 6.17 Å². The Bertz CT molecular complexity index is 445. The molecular formula is C24H56N12. The van der Waals surface area contributed by atoms with Crippen molar-refractivity contribution < 1.29 is 0 Å². The number of nitrogens with one attached hydrogen (secondary N) is 9. The zero-order valence-electron chi connectivity index (χ0n) is 22.7. The number of hydrogen-bond acceptors (Lipinski definition) is 12. The lowest BCUT2D eigenvalue weighted by Gasteiger charge is -2.46. The van der Waals surface area contributed by atoms with Crippen LogP contribution in [0.15, 0.2) is 0 Å². The van der Waals surface area contributed by atoms with Crippen LogP contribution in [-0.2, 0) is 0 Å². The molecule has 36 heavy (non-hydrogen) atoms. The highest BCUT2D eigenvalue weighted by molar-refractivity contribution is 4.80. The summed E-state index contributed by atoms with van der Waals surface area (Å²) in [5.74, 6) is 0. The Labute approximate surface area is 219 Å². The van der Waals surface area contributed by atoms with Gasteiger partial charge in [-0.25, -0.2) is 10.0 Å². The van der Waals surface area contributed by atoms with Crippen molar-refractivity contribution in [3.63, 3.8) is 0 Å². The van der Waals surface area contributed by atoms with Gasteiger partial charge in [-0.1, -0.05) is 0 Å². The van der Waals surface area contributed by atoms with Crippen molar-refractivity contribution in [1.82, 2.24) is 62.8 Å². The van der Waals surface area contributed by atoms with E-state index in [0.717, 1.165) is 151 Å². The molecule has 0 radical (unpaired) electrons. The van der Waals surface area contributed by atoms with Gasteiger partial charge in [-0.2, -0.15) is 0 Å². The molecule has 0 aromatic rings. The van der Waals surface area contributed by atoms with Gasteiger partial charge in [-0.15, -0.1) is 0 Å². The van der Waals surface area contributed by atoms with Crippen LogP contribution in [0.4, 0.5) is 0 Å². The van der Waals surface area contributed by atoms with E-state index in [4.69, 9.17) is 0 Å². The van der Waals surface area contributed by atoms with E-state index < -0.39 is 0 Å². The molecule has 212 valence electrons. The van der Waals surface area contributed by atoms with Gasteiger partial charge in [0.15, 0.2) is 0 Å². The number of rotatable bonds is 2. The van der Waals surface area contributed by atoms with E-state index in [-0.39, 0.29) is 0 Å². The average Bonchev–Trinajstić information content (AvgIpc) is 2.86. The molecule has 12 nitrogen and oxygen atoms in total. The Morgan fingerprint density at radius 1 is 0.333 bits per heavy atom. The monoisotopic (exact) mass is 512 g/mol. The molecule has 0 aliphatic carbocycles. The standard InChI is InChI=1S/C24H56N12/c1-6-28-13-18-34(19-14-29-7-2-25-1)24-23-33-12-11-27-5-10-32-17-22-36(24)35-20-15-30-8-3-26-4-9-31-16-21-35/h24-33H,1-23H2. The number of hydrogen-bond donors (Lipinski definition) is 9. The maximum absolute atomic E-state index is 3.79. The number of nitrogens with zero attached hydrogens (tertiary/aromatic N) is 3. The molecule has 0 aromatic heterocycles. The minimum absolute atomic E-state index is 0.311. The Balaban J connectivity index is 1.74. The molecule has 3 aliphatic heterocycles. The molecule has 0 bridgehead atoms. The van der Waals surface area contributed by atoms with E-state index in [1.165, 1.54) is 0 Å². The van der Waals surface area contributed by atoms with Gasteiger partial charge in [-0.05, 0) is 0 Å². The molecule has 0 aromatic carbocycles. The fraction of sp³-hybridized carbons (Fsp3) is 1.00. The van der Waals surface area contributed by atoms with E-state index in [9.17, 15) is 0 Å². The Morgan fingerprint density at radius 2 is 0.667 bits per heavy atom. The second kappa shape index (κ2) is 20.5. The van der Waals surface area contributed by atoms with Gasteiger partial charge in [-0.3, -0.25) is 4.90 Å². The van der Waals surface area contributed by atoms with E-state index in [0.29, 0.717) is 6.17 Å². The van der Waals surface area contributed by atoms with Crippen LogP contribution in [0, 0.1) is 0 Å². The van der Waals surface area contributed by atoms with Gasteiger partial charge in [0, 0.05) is 151 Å².